The molecule has 12 heterocycles. The highest BCUT2D eigenvalue weighted by Gasteiger charge is 2.17. The maximum atomic E-state index is 14.3. The molecule has 14 nitrogen and oxygen atoms in total. The number of hydrogen-bond acceptors (Lipinski definition) is 9. The van der Waals surface area contributed by atoms with Crippen molar-refractivity contribution in [3.05, 3.63) is 186 Å². The third-order valence-electron chi connectivity index (χ3n) is 9.65. The normalized spacial score (nSPS) is 11.0. The zero-order valence-corrected chi connectivity index (χ0v) is 35.6. The van der Waals surface area contributed by atoms with Crippen molar-refractivity contribution in [2.45, 2.75) is 13.8 Å². The minimum atomic E-state index is -0.449. The number of fused-ring (bicyclic) bond motifs is 5. The van der Waals surface area contributed by atoms with Gasteiger partial charge in [0.2, 0.25) is 11.1 Å². The standard InChI is InChI=1S/C19H13FN6.C13H8ClN5.C7H6N2.C6H5BrFN/c1-12-4-5-14(20)17(22-12)18-23-19(16-3-2-9-26(16)24-18)25-10-7-13-11-21-8-6-15(13)25;14-13-16-12(11-2-1-6-19(11)17-13)18-7-4-9-8-15-5-3-10(9)18;1-4-9-7-2-3-8-5-6(1)7;1-4-2-3-5(8)6(7)9-4/h2-11H,1H3;1-8H;1-5,9H;2-3H,1H3. The molecular formula is C45H32BrClF2N14. The third kappa shape index (κ3) is 8.59. The van der Waals surface area contributed by atoms with Crippen molar-refractivity contribution in [3.63, 3.8) is 0 Å². The van der Waals surface area contributed by atoms with Gasteiger partial charge in [-0.15, -0.1) is 10.2 Å². The Bertz CT molecular complexity index is 3510. The van der Waals surface area contributed by atoms with E-state index in [0.717, 1.165) is 55.3 Å². The van der Waals surface area contributed by atoms with Crippen LogP contribution in [0.3, 0.4) is 0 Å². The first kappa shape index (κ1) is 40.6. The number of H-pyrrole nitrogens is 1. The maximum absolute atomic E-state index is 14.3. The maximum Gasteiger partial charge on any atom is 0.243 e. The van der Waals surface area contributed by atoms with Crippen LogP contribution in [0.5, 0.6) is 0 Å². The molecule has 310 valence electrons. The van der Waals surface area contributed by atoms with Gasteiger partial charge in [-0.1, -0.05) is 0 Å². The van der Waals surface area contributed by atoms with Gasteiger partial charge in [0.15, 0.2) is 23.3 Å². The van der Waals surface area contributed by atoms with Crippen molar-refractivity contribution in [1.82, 2.24) is 68.2 Å². The highest BCUT2D eigenvalue weighted by molar-refractivity contribution is 9.10. The summed E-state index contributed by atoms with van der Waals surface area (Å²) in [5.41, 5.74) is 6.51. The Kier molecular flexibility index (Phi) is 11.4. The lowest BCUT2D eigenvalue weighted by atomic mass is 10.3. The molecule has 12 aromatic rings. The fraction of sp³-hybridized carbons (Fsp3) is 0.0444. The van der Waals surface area contributed by atoms with Crippen molar-refractivity contribution in [1.29, 1.82) is 0 Å². The van der Waals surface area contributed by atoms with E-state index in [1.54, 1.807) is 46.0 Å². The molecule has 0 aliphatic rings. The SMILES string of the molecule is Cc1ccc(F)c(-c2nc(-n3ccc4cnccc43)c3cccn3n2)n1.Cc1ccc(F)c(Br)n1.Clc1nc(-n2ccc3cnccc32)c2cccn2n1.c1cc2[nH]ccc2cn1. The molecule has 0 radical (unpaired) electrons. The molecule has 0 aliphatic heterocycles. The molecule has 0 saturated heterocycles. The van der Waals surface area contributed by atoms with Gasteiger partial charge in [-0.2, -0.15) is 4.98 Å². The number of hydrogen-bond donors (Lipinski definition) is 1. The Morgan fingerprint density at radius 2 is 1.13 bits per heavy atom. The van der Waals surface area contributed by atoms with Crippen LogP contribution in [0.25, 0.3) is 66.9 Å². The van der Waals surface area contributed by atoms with Gasteiger partial charge in [-0.3, -0.25) is 24.1 Å². The van der Waals surface area contributed by atoms with Gasteiger partial charge in [0, 0.05) is 101 Å². The molecule has 1 N–H and O–H groups in total. The summed E-state index contributed by atoms with van der Waals surface area (Å²) in [7, 11) is 0. The number of rotatable bonds is 3. The van der Waals surface area contributed by atoms with E-state index in [1.807, 2.05) is 127 Å². The van der Waals surface area contributed by atoms with E-state index < -0.39 is 5.82 Å². The van der Waals surface area contributed by atoms with Crippen LogP contribution in [0.2, 0.25) is 5.28 Å². The summed E-state index contributed by atoms with van der Waals surface area (Å²) in [6.07, 6.45) is 20.2. The molecule has 18 heteroatoms. The second kappa shape index (κ2) is 17.7. The van der Waals surface area contributed by atoms with Crippen molar-refractivity contribution >= 4 is 71.3 Å². The summed E-state index contributed by atoms with van der Waals surface area (Å²) in [6, 6.07) is 25.5. The van der Waals surface area contributed by atoms with Crippen LogP contribution in [0.1, 0.15) is 11.4 Å². The van der Waals surface area contributed by atoms with E-state index in [1.165, 1.54) is 12.1 Å². The van der Waals surface area contributed by atoms with E-state index in [0.29, 0.717) is 11.5 Å². The molecule has 0 aliphatic carbocycles. The van der Waals surface area contributed by atoms with Gasteiger partial charge in [0.25, 0.3) is 0 Å². The van der Waals surface area contributed by atoms with Gasteiger partial charge in [0.1, 0.15) is 21.3 Å². The van der Waals surface area contributed by atoms with Crippen molar-refractivity contribution in [3.8, 4) is 23.2 Å². The fourth-order valence-corrected chi connectivity index (χ4v) is 7.27. The predicted molar refractivity (Wildman–Crippen MR) is 241 cm³/mol. The molecule has 0 spiro atoms. The smallest absolute Gasteiger partial charge is 0.243 e. The van der Waals surface area contributed by atoms with E-state index in [2.05, 4.69) is 66.0 Å². The summed E-state index contributed by atoms with van der Waals surface area (Å²) in [4.78, 5) is 32.4. The zero-order chi connectivity index (χ0) is 43.5. The Labute approximate surface area is 369 Å². The second-order valence-electron chi connectivity index (χ2n) is 13.8. The number of nitrogens with zero attached hydrogens (tertiary/aromatic N) is 13. The second-order valence-corrected chi connectivity index (χ2v) is 14.9. The van der Waals surface area contributed by atoms with Gasteiger partial charge in [-0.25, -0.2) is 32.8 Å². The molecule has 0 unspecified atom stereocenters. The van der Waals surface area contributed by atoms with Crippen LogP contribution in [0.15, 0.2) is 158 Å². The Hall–Kier alpha value is -7.76. The zero-order valence-electron chi connectivity index (χ0n) is 33.3. The predicted octanol–water partition coefficient (Wildman–Crippen LogP) is 10.2. The largest absolute Gasteiger partial charge is 0.361 e. The van der Waals surface area contributed by atoms with Gasteiger partial charge in [0.05, 0.1) is 11.0 Å². The molecule has 12 aromatic heterocycles. The number of aromatic nitrogens is 14. The van der Waals surface area contributed by atoms with Crippen LogP contribution >= 0.6 is 27.5 Å². The summed E-state index contributed by atoms with van der Waals surface area (Å²) < 4.78 is 34.4. The number of nitrogens with one attached hydrogen (secondary N) is 1. The molecule has 0 aromatic carbocycles. The van der Waals surface area contributed by atoms with E-state index in [4.69, 9.17) is 11.6 Å². The lowest BCUT2D eigenvalue weighted by Gasteiger charge is -2.10. The highest BCUT2D eigenvalue weighted by atomic mass is 79.9. The molecule has 0 amide bonds. The third-order valence-corrected chi connectivity index (χ3v) is 10.4. The first-order valence-corrected chi connectivity index (χ1v) is 20.4. The Balaban J connectivity index is 0.000000118. The first-order chi connectivity index (χ1) is 30.7. The number of pyridine rings is 5. The minimum absolute atomic E-state index is 0.139. The van der Waals surface area contributed by atoms with Crippen LogP contribution in [0, 0.1) is 25.5 Å². The van der Waals surface area contributed by atoms with Crippen LogP contribution in [0.4, 0.5) is 8.78 Å². The van der Waals surface area contributed by atoms with Crippen molar-refractivity contribution < 1.29 is 8.78 Å². The van der Waals surface area contributed by atoms with E-state index >= 15 is 0 Å². The average Bonchev–Trinajstić information content (AvgIpc) is 4.16. The quantitative estimate of drug-likeness (QED) is 0.171. The van der Waals surface area contributed by atoms with E-state index in [9.17, 15) is 8.78 Å². The summed E-state index contributed by atoms with van der Waals surface area (Å²) >= 11 is 8.94. The van der Waals surface area contributed by atoms with Crippen molar-refractivity contribution in [2.24, 2.45) is 0 Å². The topological polar surface area (TPSA) is 150 Å². The molecule has 63 heavy (non-hydrogen) atoms. The molecule has 0 saturated carbocycles. The molecule has 0 fully saturated rings. The number of halogens is 4. The molecular weight excluding hydrogens is 890 g/mol. The van der Waals surface area contributed by atoms with E-state index in [-0.39, 0.29) is 27.2 Å². The average molecular weight is 922 g/mol. The number of aromatic amines is 1. The highest BCUT2D eigenvalue weighted by Crippen LogP contribution is 2.26. The van der Waals surface area contributed by atoms with Crippen molar-refractivity contribution in [2.75, 3.05) is 0 Å². The monoisotopic (exact) mass is 920 g/mol. The summed E-state index contributed by atoms with van der Waals surface area (Å²) in [5, 5.41) is 12.0. The Morgan fingerprint density at radius 1 is 0.556 bits per heavy atom. The molecule has 12 rings (SSSR count). The van der Waals surface area contributed by atoms with Crippen LogP contribution in [-0.2, 0) is 0 Å². The van der Waals surface area contributed by atoms with Crippen LogP contribution < -0.4 is 0 Å². The summed E-state index contributed by atoms with van der Waals surface area (Å²) in [5.74, 6) is 0.881. The molecule has 0 bridgehead atoms. The first-order valence-electron chi connectivity index (χ1n) is 19.2. The van der Waals surface area contributed by atoms with Crippen LogP contribution in [-0.4, -0.2) is 68.2 Å². The fourth-order valence-electron chi connectivity index (χ4n) is 6.70. The number of aryl methyl sites for hydroxylation is 2. The van der Waals surface area contributed by atoms with Gasteiger partial charge in [-0.05, 0) is 126 Å². The minimum Gasteiger partial charge on any atom is -0.361 e. The lowest BCUT2D eigenvalue weighted by molar-refractivity contribution is 0.611. The lowest BCUT2D eigenvalue weighted by Crippen LogP contribution is -2.07. The van der Waals surface area contributed by atoms with Gasteiger partial charge < -0.3 is 4.98 Å². The molecule has 0 atom stereocenters. The van der Waals surface area contributed by atoms with Gasteiger partial charge >= 0.3 is 0 Å². The Morgan fingerprint density at radius 3 is 1.75 bits per heavy atom. The summed E-state index contributed by atoms with van der Waals surface area (Å²) in [6.45, 7) is 3.62.